The Hall–Kier alpha value is -4.70. The maximum Gasteiger partial charge on any atom is 0.244 e. The summed E-state index contributed by atoms with van der Waals surface area (Å²) in [6.45, 7) is 0. The molecule has 2 amide bonds. The number of nitrogens with zero attached hydrogens (tertiary/aromatic N) is 5. The zero-order chi connectivity index (χ0) is 27.2. The van der Waals surface area contributed by atoms with Crippen molar-refractivity contribution < 1.29 is 14.0 Å². The molecular formula is C28H23ClFN7O2. The Morgan fingerprint density at radius 3 is 2.90 bits per heavy atom. The molecule has 4 aromatic rings. The van der Waals surface area contributed by atoms with Crippen LogP contribution in [0.25, 0.3) is 22.9 Å². The molecule has 1 aliphatic heterocycles. The van der Waals surface area contributed by atoms with Crippen molar-refractivity contribution in [1.29, 1.82) is 0 Å². The van der Waals surface area contributed by atoms with Crippen LogP contribution in [0, 0.1) is 5.82 Å². The fraction of sp³-hybridized carbons (Fsp3) is 0.143. The number of hydrogen-bond acceptors (Lipinski definition) is 6. The molecule has 2 aromatic carbocycles. The topological polar surface area (TPSA) is 115 Å². The second-order valence-electron chi connectivity index (χ2n) is 8.81. The van der Waals surface area contributed by atoms with Crippen LogP contribution in [0.3, 0.4) is 0 Å². The average Bonchev–Trinajstić information content (AvgIpc) is 3.46. The number of carbonyl (C=O) groups is 2. The largest absolute Gasteiger partial charge is 0.344 e. The number of halogens is 2. The van der Waals surface area contributed by atoms with Crippen molar-refractivity contribution in [1.82, 2.24) is 30.5 Å². The fourth-order valence-electron chi connectivity index (χ4n) is 4.23. The van der Waals surface area contributed by atoms with Gasteiger partial charge in [-0.2, -0.15) is 4.68 Å². The average molecular weight is 544 g/mol. The summed E-state index contributed by atoms with van der Waals surface area (Å²) in [5.41, 5.74) is 3.70. The molecule has 2 N–H and O–H groups in total. The minimum Gasteiger partial charge on any atom is -0.344 e. The number of allylic oxidation sites excluding steroid dienone is 1. The summed E-state index contributed by atoms with van der Waals surface area (Å²) in [6, 6.07) is 12.6. The van der Waals surface area contributed by atoms with E-state index in [-0.39, 0.29) is 18.2 Å². The molecule has 9 nitrogen and oxygen atoms in total. The van der Waals surface area contributed by atoms with Crippen molar-refractivity contribution in [3.8, 4) is 16.8 Å². The Bertz CT molecular complexity index is 1570. The number of amides is 2. The summed E-state index contributed by atoms with van der Waals surface area (Å²) in [7, 11) is 0. The Kier molecular flexibility index (Phi) is 7.83. The van der Waals surface area contributed by atoms with Gasteiger partial charge in [0, 0.05) is 34.8 Å². The van der Waals surface area contributed by atoms with E-state index in [1.807, 2.05) is 18.2 Å². The van der Waals surface area contributed by atoms with Gasteiger partial charge in [-0.05, 0) is 83.4 Å². The quantitative estimate of drug-likeness (QED) is 0.274. The van der Waals surface area contributed by atoms with Gasteiger partial charge in [-0.1, -0.05) is 23.8 Å². The van der Waals surface area contributed by atoms with Gasteiger partial charge in [0.1, 0.15) is 12.1 Å². The molecule has 0 spiro atoms. The Labute approximate surface area is 228 Å². The first kappa shape index (κ1) is 25.9. The first-order valence-electron chi connectivity index (χ1n) is 12.2. The van der Waals surface area contributed by atoms with Crippen LogP contribution in [0.1, 0.15) is 36.6 Å². The van der Waals surface area contributed by atoms with Crippen molar-refractivity contribution in [3.05, 3.63) is 101 Å². The van der Waals surface area contributed by atoms with Gasteiger partial charge in [0.15, 0.2) is 0 Å². The van der Waals surface area contributed by atoms with Crippen molar-refractivity contribution >= 4 is 35.2 Å². The van der Waals surface area contributed by atoms with Crippen molar-refractivity contribution in [2.24, 2.45) is 0 Å². The molecule has 5 rings (SSSR count). The van der Waals surface area contributed by atoms with E-state index >= 15 is 0 Å². The van der Waals surface area contributed by atoms with Crippen LogP contribution in [0.15, 0.2) is 79.3 Å². The lowest BCUT2D eigenvalue weighted by atomic mass is 10.0. The van der Waals surface area contributed by atoms with Gasteiger partial charge in [-0.3, -0.25) is 14.6 Å². The minimum atomic E-state index is -0.454. The molecule has 0 saturated heterocycles. The number of benzene rings is 2. The van der Waals surface area contributed by atoms with Gasteiger partial charge in [-0.15, -0.1) is 5.10 Å². The van der Waals surface area contributed by atoms with Crippen LogP contribution in [0.5, 0.6) is 0 Å². The molecule has 1 atom stereocenters. The number of pyridine rings is 1. The standard InChI is InChI=1S/C28H23ClFN7O2/c29-20-7-10-26(37-17-32-35-36-37)19(14-20)6-11-28(39)33-23-4-2-1-3-5-27(38)34-24-16-21(30)8-9-22(24)18-12-13-31-25(23)15-18/h1-2,6-17,23H,3-5H2,(H,33,39)(H,34,38)/t23-/m0/s1. The molecule has 0 saturated carbocycles. The maximum absolute atomic E-state index is 14.0. The van der Waals surface area contributed by atoms with E-state index < -0.39 is 11.9 Å². The van der Waals surface area contributed by atoms with Crippen LogP contribution in [0.2, 0.25) is 5.02 Å². The van der Waals surface area contributed by atoms with Crippen LogP contribution in [-0.4, -0.2) is 37.0 Å². The molecule has 0 fully saturated rings. The third-order valence-electron chi connectivity index (χ3n) is 6.10. The second-order valence-corrected chi connectivity index (χ2v) is 9.24. The summed E-state index contributed by atoms with van der Waals surface area (Å²) in [5.74, 6) is -1.00. The monoisotopic (exact) mass is 543 g/mol. The van der Waals surface area contributed by atoms with Crippen molar-refractivity contribution in [2.45, 2.75) is 25.3 Å². The van der Waals surface area contributed by atoms with Crippen LogP contribution in [0.4, 0.5) is 10.1 Å². The molecule has 0 radical (unpaired) electrons. The summed E-state index contributed by atoms with van der Waals surface area (Å²) < 4.78 is 15.5. The zero-order valence-electron chi connectivity index (χ0n) is 20.6. The highest BCUT2D eigenvalue weighted by Crippen LogP contribution is 2.31. The molecule has 3 heterocycles. The molecule has 0 unspecified atom stereocenters. The van der Waals surface area contributed by atoms with Gasteiger partial charge < -0.3 is 10.6 Å². The molecular weight excluding hydrogens is 521 g/mol. The SMILES string of the molecule is O=C(C=Cc1cc(Cl)ccc1-n1cnnn1)N[C@H]1CC=CCCC(=O)Nc2cc(F)ccc2-c2ccnc1c2. The normalized spacial score (nSPS) is 15.5. The van der Waals surface area contributed by atoms with Crippen LogP contribution >= 0.6 is 11.6 Å². The lowest BCUT2D eigenvalue weighted by Gasteiger charge is -2.17. The molecule has 2 bridgehead atoms. The summed E-state index contributed by atoms with van der Waals surface area (Å²) >= 11 is 6.18. The molecule has 0 aliphatic carbocycles. The highest BCUT2D eigenvalue weighted by Gasteiger charge is 2.17. The van der Waals surface area contributed by atoms with E-state index in [1.165, 1.54) is 29.2 Å². The van der Waals surface area contributed by atoms with E-state index in [2.05, 4.69) is 31.1 Å². The molecule has 11 heteroatoms. The number of hydrogen-bond donors (Lipinski definition) is 2. The maximum atomic E-state index is 14.0. The third kappa shape index (κ3) is 6.42. The summed E-state index contributed by atoms with van der Waals surface area (Å²) in [6.07, 6.45) is 11.1. The van der Waals surface area contributed by atoms with Gasteiger partial charge in [0.25, 0.3) is 0 Å². The Morgan fingerprint density at radius 2 is 2.05 bits per heavy atom. The predicted molar refractivity (Wildman–Crippen MR) is 145 cm³/mol. The lowest BCUT2D eigenvalue weighted by molar-refractivity contribution is -0.117. The smallest absolute Gasteiger partial charge is 0.244 e. The predicted octanol–water partition coefficient (Wildman–Crippen LogP) is 5.07. The van der Waals surface area contributed by atoms with E-state index in [4.69, 9.17) is 11.6 Å². The number of carbonyl (C=O) groups excluding carboxylic acids is 2. The number of nitrogens with one attached hydrogen (secondary N) is 2. The van der Waals surface area contributed by atoms with Gasteiger partial charge in [0.2, 0.25) is 11.8 Å². The van der Waals surface area contributed by atoms with E-state index in [9.17, 15) is 14.0 Å². The number of fused-ring (bicyclic) bond motifs is 4. The zero-order valence-corrected chi connectivity index (χ0v) is 21.3. The lowest BCUT2D eigenvalue weighted by Crippen LogP contribution is -2.27. The van der Waals surface area contributed by atoms with Gasteiger partial charge >= 0.3 is 0 Å². The fourth-order valence-corrected chi connectivity index (χ4v) is 4.41. The highest BCUT2D eigenvalue weighted by molar-refractivity contribution is 6.30. The summed E-state index contributed by atoms with van der Waals surface area (Å²) in [5, 5.41) is 17.6. The third-order valence-corrected chi connectivity index (χ3v) is 6.33. The van der Waals surface area contributed by atoms with Gasteiger partial charge in [0.05, 0.1) is 23.1 Å². The number of tetrazole rings is 1. The molecule has 2 aromatic heterocycles. The van der Waals surface area contributed by atoms with E-state index in [0.717, 1.165) is 5.56 Å². The number of aromatic nitrogens is 5. The summed E-state index contributed by atoms with van der Waals surface area (Å²) in [4.78, 5) is 30.0. The Morgan fingerprint density at radius 1 is 1.15 bits per heavy atom. The minimum absolute atomic E-state index is 0.211. The first-order chi connectivity index (χ1) is 19.0. The molecule has 196 valence electrons. The molecule has 39 heavy (non-hydrogen) atoms. The van der Waals surface area contributed by atoms with E-state index in [1.54, 1.807) is 42.6 Å². The first-order valence-corrected chi connectivity index (χ1v) is 12.6. The molecule has 1 aliphatic rings. The van der Waals surface area contributed by atoms with Gasteiger partial charge in [-0.25, -0.2) is 4.39 Å². The van der Waals surface area contributed by atoms with Crippen LogP contribution < -0.4 is 10.6 Å². The van der Waals surface area contributed by atoms with Crippen molar-refractivity contribution in [2.75, 3.05) is 5.32 Å². The Balaban J connectivity index is 1.43. The highest BCUT2D eigenvalue weighted by atomic mass is 35.5. The van der Waals surface area contributed by atoms with Crippen molar-refractivity contribution in [3.63, 3.8) is 0 Å². The second kappa shape index (κ2) is 11.8. The van der Waals surface area contributed by atoms with E-state index in [0.29, 0.717) is 46.1 Å². The number of anilines is 1. The van der Waals surface area contributed by atoms with Crippen LogP contribution in [-0.2, 0) is 9.59 Å². The number of rotatable bonds is 4.